The molecule has 1 aromatic carbocycles. The molecule has 1 amide bonds. The van der Waals surface area contributed by atoms with Gasteiger partial charge in [0.2, 0.25) is 5.91 Å². The van der Waals surface area contributed by atoms with Crippen LogP contribution in [0.4, 0.5) is 5.69 Å². The highest BCUT2D eigenvalue weighted by Crippen LogP contribution is 2.18. The Bertz CT molecular complexity index is 430. The number of benzene rings is 1. The van der Waals surface area contributed by atoms with E-state index < -0.39 is 5.97 Å². The first-order valence-electron chi connectivity index (χ1n) is 5.27. The van der Waals surface area contributed by atoms with E-state index in [0.29, 0.717) is 11.3 Å². The summed E-state index contributed by atoms with van der Waals surface area (Å²) in [6, 6.07) is 5.16. The molecule has 5 heteroatoms. The molecule has 0 saturated carbocycles. The van der Waals surface area contributed by atoms with Gasteiger partial charge in [0.05, 0.1) is 18.4 Å². The van der Waals surface area contributed by atoms with Crippen molar-refractivity contribution in [1.29, 1.82) is 0 Å². The summed E-state index contributed by atoms with van der Waals surface area (Å²) in [7, 11) is 1.30. The Kier molecular flexibility index (Phi) is 4.66. The Labute approximate surface area is 99.9 Å². The zero-order chi connectivity index (χ0) is 12.8. The number of rotatable bonds is 4. The molecule has 0 atom stereocenters. The summed E-state index contributed by atoms with van der Waals surface area (Å²) in [5, 5.41) is 2.63. The van der Waals surface area contributed by atoms with Gasteiger partial charge in [-0.1, -0.05) is 11.6 Å². The van der Waals surface area contributed by atoms with Crippen LogP contribution in [0.15, 0.2) is 18.2 Å². The van der Waals surface area contributed by atoms with Crippen molar-refractivity contribution in [2.75, 3.05) is 19.0 Å². The summed E-state index contributed by atoms with van der Waals surface area (Å²) in [6.07, 6.45) is 0.217. The van der Waals surface area contributed by atoms with Crippen LogP contribution in [0.1, 0.15) is 22.3 Å². The largest absolute Gasteiger partial charge is 0.465 e. The van der Waals surface area contributed by atoms with Gasteiger partial charge in [-0.3, -0.25) is 4.79 Å². The van der Waals surface area contributed by atoms with E-state index in [-0.39, 0.29) is 18.9 Å². The zero-order valence-electron chi connectivity index (χ0n) is 9.95. The average molecular weight is 236 g/mol. The number of anilines is 1. The molecule has 1 rings (SSSR count). The van der Waals surface area contributed by atoms with E-state index in [1.807, 2.05) is 13.0 Å². The molecule has 5 nitrogen and oxygen atoms in total. The standard InChI is InChI=1S/C12H16N2O3/c1-8-3-4-10(14-11(15)5-6-13)9(7-8)12(16)17-2/h3-4,7H,5-6,13H2,1-2H3,(H,14,15). The second kappa shape index (κ2) is 6.00. The van der Waals surface area contributed by atoms with Crippen molar-refractivity contribution in [3.05, 3.63) is 29.3 Å². The van der Waals surface area contributed by atoms with Crippen molar-refractivity contribution in [3.8, 4) is 0 Å². The maximum Gasteiger partial charge on any atom is 0.339 e. The number of amides is 1. The molecule has 0 aromatic heterocycles. The number of ether oxygens (including phenoxy) is 1. The number of nitrogens with two attached hydrogens (primary N) is 1. The van der Waals surface area contributed by atoms with Gasteiger partial charge in [0.1, 0.15) is 0 Å². The minimum Gasteiger partial charge on any atom is -0.465 e. The second-order valence-corrected chi connectivity index (χ2v) is 3.63. The molecule has 0 unspecified atom stereocenters. The van der Waals surface area contributed by atoms with E-state index in [2.05, 4.69) is 10.1 Å². The summed E-state index contributed by atoms with van der Waals surface area (Å²) < 4.78 is 4.66. The Morgan fingerprint density at radius 1 is 1.41 bits per heavy atom. The number of nitrogens with one attached hydrogen (secondary N) is 1. The lowest BCUT2D eigenvalue weighted by Crippen LogP contribution is -2.18. The van der Waals surface area contributed by atoms with Crippen LogP contribution in [0, 0.1) is 6.92 Å². The quantitative estimate of drug-likeness (QED) is 0.766. The number of esters is 1. The van der Waals surface area contributed by atoms with E-state index in [9.17, 15) is 9.59 Å². The Balaban J connectivity index is 2.98. The number of aryl methyl sites for hydroxylation is 1. The van der Waals surface area contributed by atoms with Crippen LogP contribution in [0.3, 0.4) is 0 Å². The van der Waals surface area contributed by atoms with Crippen molar-refractivity contribution in [2.45, 2.75) is 13.3 Å². The van der Waals surface area contributed by atoms with Crippen LogP contribution in [-0.2, 0) is 9.53 Å². The molecule has 0 bridgehead atoms. The molecule has 0 aliphatic carbocycles. The Morgan fingerprint density at radius 2 is 2.12 bits per heavy atom. The molecule has 3 N–H and O–H groups in total. The van der Waals surface area contributed by atoms with Crippen LogP contribution < -0.4 is 11.1 Å². The fourth-order valence-electron chi connectivity index (χ4n) is 1.39. The van der Waals surface area contributed by atoms with Gasteiger partial charge in [0.25, 0.3) is 0 Å². The lowest BCUT2D eigenvalue weighted by Gasteiger charge is -2.10. The first-order chi connectivity index (χ1) is 8.08. The van der Waals surface area contributed by atoms with Crippen LogP contribution in [-0.4, -0.2) is 25.5 Å². The monoisotopic (exact) mass is 236 g/mol. The number of hydrogen-bond donors (Lipinski definition) is 2. The van der Waals surface area contributed by atoms with E-state index in [0.717, 1.165) is 5.56 Å². The van der Waals surface area contributed by atoms with Crippen LogP contribution in [0.25, 0.3) is 0 Å². The number of carbonyl (C=O) groups is 2. The van der Waals surface area contributed by atoms with Crippen molar-refractivity contribution in [1.82, 2.24) is 0 Å². The Hall–Kier alpha value is -1.88. The fourth-order valence-corrected chi connectivity index (χ4v) is 1.39. The summed E-state index contributed by atoms with van der Waals surface area (Å²) in [6.45, 7) is 2.13. The van der Waals surface area contributed by atoms with Gasteiger partial charge in [-0.05, 0) is 19.1 Å². The lowest BCUT2D eigenvalue weighted by atomic mass is 10.1. The van der Waals surface area contributed by atoms with E-state index in [4.69, 9.17) is 5.73 Å². The summed E-state index contributed by atoms with van der Waals surface area (Å²) >= 11 is 0. The van der Waals surface area contributed by atoms with Gasteiger partial charge in [-0.2, -0.15) is 0 Å². The number of methoxy groups -OCH3 is 1. The average Bonchev–Trinajstić information content (AvgIpc) is 2.30. The van der Waals surface area contributed by atoms with Crippen molar-refractivity contribution < 1.29 is 14.3 Å². The fraction of sp³-hybridized carbons (Fsp3) is 0.333. The highest BCUT2D eigenvalue weighted by atomic mass is 16.5. The number of hydrogen-bond acceptors (Lipinski definition) is 4. The minimum absolute atomic E-state index is 0.217. The van der Waals surface area contributed by atoms with Gasteiger partial charge in [0.15, 0.2) is 0 Å². The van der Waals surface area contributed by atoms with Gasteiger partial charge < -0.3 is 15.8 Å². The maximum atomic E-state index is 11.5. The summed E-state index contributed by atoms with van der Waals surface area (Å²) in [5.74, 6) is -0.696. The van der Waals surface area contributed by atoms with Gasteiger partial charge in [-0.15, -0.1) is 0 Å². The molecule has 0 spiro atoms. The number of carbonyl (C=O) groups excluding carboxylic acids is 2. The molecular formula is C12H16N2O3. The lowest BCUT2D eigenvalue weighted by molar-refractivity contribution is -0.116. The predicted octanol–water partition coefficient (Wildman–Crippen LogP) is 1.07. The molecule has 0 heterocycles. The highest BCUT2D eigenvalue weighted by molar-refractivity contribution is 6.01. The van der Waals surface area contributed by atoms with E-state index in [1.165, 1.54) is 7.11 Å². The summed E-state index contributed by atoms with van der Waals surface area (Å²) in [5.41, 5.74) is 6.99. The molecule has 92 valence electrons. The highest BCUT2D eigenvalue weighted by Gasteiger charge is 2.13. The Morgan fingerprint density at radius 3 is 2.71 bits per heavy atom. The molecular weight excluding hydrogens is 220 g/mol. The molecule has 0 fully saturated rings. The maximum absolute atomic E-state index is 11.5. The first kappa shape index (κ1) is 13.2. The third-order valence-corrected chi connectivity index (χ3v) is 2.23. The molecule has 17 heavy (non-hydrogen) atoms. The molecule has 1 aromatic rings. The predicted molar refractivity (Wildman–Crippen MR) is 64.8 cm³/mol. The van der Waals surface area contributed by atoms with Crippen molar-refractivity contribution in [2.24, 2.45) is 5.73 Å². The third-order valence-electron chi connectivity index (χ3n) is 2.23. The van der Waals surface area contributed by atoms with Crippen molar-refractivity contribution in [3.63, 3.8) is 0 Å². The topological polar surface area (TPSA) is 81.4 Å². The molecule has 0 radical (unpaired) electrons. The van der Waals surface area contributed by atoms with Crippen LogP contribution in [0.2, 0.25) is 0 Å². The van der Waals surface area contributed by atoms with E-state index >= 15 is 0 Å². The molecule has 0 aliphatic heterocycles. The van der Waals surface area contributed by atoms with Crippen molar-refractivity contribution >= 4 is 17.6 Å². The normalized spacial score (nSPS) is 9.82. The zero-order valence-corrected chi connectivity index (χ0v) is 9.95. The second-order valence-electron chi connectivity index (χ2n) is 3.63. The summed E-state index contributed by atoms with van der Waals surface area (Å²) in [4.78, 5) is 22.9. The van der Waals surface area contributed by atoms with E-state index in [1.54, 1.807) is 12.1 Å². The van der Waals surface area contributed by atoms with Gasteiger partial charge >= 0.3 is 5.97 Å². The SMILES string of the molecule is COC(=O)c1cc(C)ccc1NC(=O)CCN. The van der Waals surface area contributed by atoms with Crippen LogP contribution in [0.5, 0.6) is 0 Å². The molecule has 0 aliphatic rings. The first-order valence-corrected chi connectivity index (χ1v) is 5.27. The molecule has 0 saturated heterocycles. The van der Waals surface area contributed by atoms with Gasteiger partial charge in [-0.25, -0.2) is 4.79 Å². The van der Waals surface area contributed by atoms with Gasteiger partial charge in [0, 0.05) is 13.0 Å². The van der Waals surface area contributed by atoms with Crippen LogP contribution >= 0.6 is 0 Å². The minimum atomic E-state index is -0.475. The smallest absolute Gasteiger partial charge is 0.339 e. The third kappa shape index (κ3) is 3.57.